The molecule has 2 saturated heterocycles. The maximum absolute atomic E-state index is 11.2. The van der Waals surface area contributed by atoms with Crippen LogP contribution in [0.5, 0.6) is 0 Å². The molecule has 2 aromatic rings. The summed E-state index contributed by atoms with van der Waals surface area (Å²) in [6.07, 6.45) is 3.22. The van der Waals surface area contributed by atoms with Gasteiger partial charge in [0.1, 0.15) is 0 Å². The fourth-order valence-corrected chi connectivity index (χ4v) is 4.62. The third-order valence-corrected chi connectivity index (χ3v) is 6.89. The van der Waals surface area contributed by atoms with E-state index in [4.69, 9.17) is 0 Å². The molecule has 2 aliphatic rings. The van der Waals surface area contributed by atoms with Crippen LogP contribution in [0.4, 0.5) is 0 Å². The molecule has 4 rings (SSSR count). The maximum atomic E-state index is 11.2. The number of likely N-dealkylation sites (tertiary alicyclic amines) is 2. The van der Waals surface area contributed by atoms with Gasteiger partial charge in [-0.3, -0.25) is 9.80 Å². The van der Waals surface area contributed by atoms with Crippen molar-refractivity contribution in [2.75, 3.05) is 13.1 Å². The van der Waals surface area contributed by atoms with Crippen LogP contribution in [0.3, 0.4) is 0 Å². The average molecular weight is 574 g/mol. The molecule has 6 nitrogen and oxygen atoms in total. The molecule has 0 radical (unpaired) electrons. The summed E-state index contributed by atoms with van der Waals surface area (Å²) in [5.74, 6) is -1.91. The molecule has 0 bridgehead atoms. The van der Waals surface area contributed by atoms with Crippen LogP contribution in [0.25, 0.3) is 0 Å². The van der Waals surface area contributed by atoms with Gasteiger partial charge in [-0.2, -0.15) is 0 Å². The van der Waals surface area contributed by atoms with Crippen molar-refractivity contribution in [1.29, 1.82) is 0 Å². The first-order valence-electron chi connectivity index (χ1n) is 11.3. The van der Waals surface area contributed by atoms with Crippen molar-refractivity contribution in [1.82, 2.24) is 9.80 Å². The molecular weight excluding hydrogens is 542 g/mol. The van der Waals surface area contributed by atoms with Crippen LogP contribution in [0.1, 0.15) is 50.7 Å². The van der Waals surface area contributed by atoms with Crippen molar-refractivity contribution in [2.24, 2.45) is 0 Å². The molecule has 0 amide bonds. The number of carboxylic acids is 2. The molecule has 2 heterocycles. The van der Waals surface area contributed by atoms with Gasteiger partial charge in [-0.25, -0.2) is 0 Å². The number of benzene rings is 2. The quantitative estimate of drug-likeness (QED) is 0.483. The molecular formula is C26H32BaN2O4. The Kier molecular flexibility index (Phi) is 10.7. The molecule has 2 aromatic carbocycles. The first-order chi connectivity index (χ1) is 15.3. The van der Waals surface area contributed by atoms with E-state index in [0.717, 1.165) is 37.1 Å². The zero-order chi connectivity index (χ0) is 23.2. The molecule has 2 aliphatic heterocycles. The van der Waals surface area contributed by atoms with Crippen LogP contribution in [-0.2, 0) is 22.7 Å². The number of hydrogen-bond donors (Lipinski definition) is 0. The second kappa shape index (κ2) is 12.5. The maximum Gasteiger partial charge on any atom is 2.00 e. The standard InChI is InChI=1S/2C13H17NO2.Ba/c2*1-13(12(15)16)8-5-9-14(13)10-11-6-3-2-4-7-11;/h2*2-4,6-7H,5,8-10H2,1H3,(H,15,16);/q;;+2/p-2/t2*13-;/m00./s1. The van der Waals surface area contributed by atoms with Gasteiger partial charge in [0.2, 0.25) is 0 Å². The van der Waals surface area contributed by atoms with E-state index in [-0.39, 0.29) is 48.9 Å². The van der Waals surface area contributed by atoms with Crippen LogP contribution in [0.15, 0.2) is 60.7 Å². The van der Waals surface area contributed by atoms with E-state index in [1.165, 1.54) is 0 Å². The van der Waals surface area contributed by atoms with E-state index in [1.807, 2.05) is 70.5 Å². The van der Waals surface area contributed by atoms with Gasteiger partial charge in [0.25, 0.3) is 0 Å². The predicted octanol–water partition coefficient (Wildman–Crippen LogP) is 1.20. The van der Waals surface area contributed by atoms with Gasteiger partial charge in [0.15, 0.2) is 0 Å². The average Bonchev–Trinajstić information content (AvgIpc) is 3.34. The van der Waals surface area contributed by atoms with Crippen LogP contribution in [0.2, 0.25) is 0 Å². The number of carboxylic acid groups (broad SMARTS) is 2. The summed E-state index contributed by atoms with van der Waals surface area (Å²) in [4.78, 5) is 26.3. The number of carbonyl (C=O) groups excluding carboxylic acids is 2. The Balaban J connectivity index is 0.000000227. The summed E-state index contributed by atoms with van der Waals surface area (Å²) >= 11 is 0. The van der Waals surface area contributed by atoms with E-state index < -0.39 is 23.0 Å². The molecule has 172 valence electrons. The van der Waals surface area contributed by atoms with Gasteiger partial charge in [-0.1, -0.05) is 60.7 Å². The van der Waals surface area contributed by atoms with Crippen LogP contribution >= 0.6 is 0 Å². The van der Waals surface area contributed by atoms with E-state index in [0.29, 0.717) is 25.9 Å². The Bertz CT molecular complexity index is 836. The second-order valence-electron chi connectivity index (χ2n) is 9.14. The number of carbonyl (C=O) groups is 2. The predicted molar refractivity (Wildman–Crippen MR) is 125 cm³/mol. The molecule has 2 fully saturated rings. The van der Waals surface area contributed by atoms with Crippen LogP contribution in [-0.4, -0.2) is 94.8 Å². The monoisotopic (exact) mass is 574 g/mol. The van der Waals surface area contributed by atoms with Crippen molar-refractivity contribution in [3.8, 4) is 0 Å². The SMILES string of the molecule is C[C@@]1(C(=O)[O-])CCCN1Cc1ccccc1.C[C@@]1(C(=O)[O-])CCCN1Cc1ccccc1.[Ba+2]. The summed E-state index contributed by atoms with van der Waals surface area (Å²) in [6.45, 7) is 6.56. The normalized spacial score (nSPS) is 25.0. The number of rotatable bonds is 6. The summed E-state index contributed by atoms with van der Waals surface area (Å²) in [6, 6.07) is 19.9. The van der Waals surface area contributed by atoms with Gasteiger partial charge >= 0.3 is 48.9 Å². The van der Waals surface area contributed by atoms with Crippen LogP contribution < -0.4 is 10.2 Å². The van der Waals surface area contributed by atoms with Crippen molar-refractivity contribution in [3.05, 3.63) is 71.8 Å². The van der Waals surface area contributed by atoms with Gasteiger partial charge in [-0.15, -0.1) is 0 Å². The van der Waals surface area contributed by atoms with E-state index in [2.05, 4.69) is 0 Å². The summed E-state index contributed by atoms with van der Waals surface area (Å²) < 4.78 is 0. The zero-order valence-electron chi connectivity index (χ0n) is 19.7. The summed E-state index contributed by atoms with van der Waals surface area (Å²) in [5.41, 5.74) is 0.708. The number of aliphatic carboxylic acids is 2. The van der Waals surface area contributed by atoms with Gasteiger partial charge < -0.3 is 19.8 Å². The number of hydrogen-bond acceptors (Lipinski definition) is 6. The first-order valence-corrected chi connectivity index (χ1v) is 11.3. The van der Waals surface area contributed by atoms with E-state index in [1.54, 1.807) is 13.8 Å². The van der Waals surface area contributed by atoms with E-state index in [9.17, 15) is 19.8 Å². The van der Waals surface area contributed by atoms with Gasteiger partial charge in [0.05, 0.1) is 23.0 Å². The second-order valence-corrected chi connectivity index (χ2v) is 9.14. The van der Waals surface area contributed by atoms with Gasteiger partial charge in [-0.05, 0) is 63.7 Å². The topological polar surface area (TPSA) is 86.7 Å². The first kappa shape index (κ1) is 28.1. The Hall–Kier alpha value is -1.13. The molecule has 0 spiro atoms. The molecule has 0 aliphatic carbocycles. The molecule has 0 aromatic heterocycles. The minimum atomic E-state index is -0.957. The summed E-state index contributed by atoms with van der Waals surface area (Å²) in [7, 11) is 0. The van der Waals surface area contributed by atoms with Gasteiger partial charge in [0, 0.05) is 13.1 Å². The Morgan fingerprint density at radius 3 is 1.36 bits per heavy atom. The Labute approximate surface area is 237 Å². The molecule has 2 atom stereocenters. The zero-order valence-corrected chi connectivity index (χ0v) is 24.1. The Morgan fingerprint density at radius 1 is 0.727 bits per heavy atom. The third kappa shape index (κ3) is 6.94. The van der Waals surface area contributed by atoms with Crippen molar-refractivity contribution in [3.63, 3.8) is 0 Å². The third-order valence-electron chi connectivity index (χ3n) is 6.89. The number of nitrogens with zero attached hydrogens (tertiary/aromatic N) is 2. The minimum absolute atomic E-state index is 0. The smallest absolute Gasteiger partial charge is 0.548 e. The summed E-state index contributed by atoms with van der Waals surface area (Å²) in [5, 5.41) is 22.3. The van der Waals surface area contributed by atoms with Crippen LogP contribution in [0, 0.1) is 0 Å². The molecule has 7 heteroatoms. The minimum Gasteiger partial charge on any atom is -0.548 e. The molecule has 33 heavy (non-hydrogen) atoms. The molecule has 0 saturated carbocycles. The van der Waals surface area contributed by atoms with Crippen molar-refractivity contribution in [2.45, 2.75) is 63.7 Å². The van der Waals surface area contributed by atoms with Crippen molar-refractivity contribution >= 4 is 60.8 Å². The Morgan fingerprint density at radius 2 is 1.06 bits per heavy atom. The fraction of sp³-hybridized carbons (Fsp3) is 0.462. The van der Waals surface area contributed by atoms with Crippen molar-refractivity contribution < 1.29 is 19.8 Å². The molecule has 0 N–H and O–H groups in total. The fourth-order valence-electron chi connectivity index (χ4n) is 4.62. The van der Waals surface area contributed by atoms with E-state index >= 15 is 0 Å². The largest absolute Gasteiger partial charge is 2.00 e. The molecule has 0 unspecified atom stereocenters.